The third-order valence-corrected chi connectivity index (χ3v) is 5.36. The molecule has 0 aliphatic carbocycles. The van der Waals surface area contributed by atoms with Gasteiger partial charge in [0.2, 0.25) is 0 Å². The highest BCUT2D eigenvalue weighted by Gasteiger charge is 2.21. The molecule has 2 aromatic rings. The SMILES string of the molecule is COc1cc2c(cc1OC)C(=CC(=O)c1cc(Br)c3c(c1)OCCO3)NCC2. The van der Waals surface area contributed by atoms with Crippen LogP contribution in [0.4, 0.5) is 0 Å². The van der Waals surface area contributed by atoms with E-state index in [9.17, 15) is 4.79 Å². The van der Waals surface area contributed by atoms with E-state index >= 15 is 0 Å². The summed E-state index contributed by atoms with van der Waals surface area (Å²) in [5.41, 5.74) is 3.34. The Morgan fingerprint density at radius 1 is 1.11 bits per heavy atom. The van der Waals surface area contributed by atoms with Crippen molar-refractivity contribution in [1.29, 1.82) is 0 Å². The van der Waals surface area contributed by atoms with Crippen LogP contribution in [-0.2, 0) is 6.42 Å². The van der Waals surface area contributed by atoms with Gasteiger partial charge in [0, 0.05) is 29.4 Å². The molecule has 0 aromatic heterocycles. The van der Waals surface area contributed by atoms with Crippen LogP contribution in [0.25, 0.3) is 5.70 Å². The molecule has 0 atom stereocenters. The van der Waals surface area contributed by atoms with Crippen molar-refractivity contribution in [3.05, 3.63) is 51.5 Å². The first kappa shape index (κ1) is 18.7. The van der Waals surface area contributed by atoms with Crippen molar-refractivity contribution in [1.82, 2.24) is 5.32 Å². The second-order valence-corrected chi connectivity index (χ2v) is 7.30. The number of allylic oxidation sites excluding steroid dienone is 1. The zero-order valence-electron chi connectivity index (χ0n) is 15.6. The maximum atomic E-state index is 12.9. The van der Waals surface area contributed by atoms with Crippen molar-refractivity contribution in [2.45, 2.75) is 6.42 Å². The number of hydrogen-bond donors (Lipinski definition) is 1. The Kier molecular flexibility index (Phi) is 5.17. The van der Waals surface area contributed by atoms with E-state index in [2.05, 4.69) is 21.2 Å². The topological polar surface area (TPSA) is 66.0 Å². The third kappa shape index (κ3) is 3.42. The molecule has 2 aromatic carbocycles. The number of hydrogen-bond acceptors (Lipinski definition) is 6. The lowest BCUT2D eigenvalue weighted by Gasteiger charge is -2.23. The third-order valence-electron chi connectivity index (χ3n) is 4.77. The summed E-state index contributed by atoms with van der Waals surface area (Å²) in [6, 6.07) is 7.34. The Bertz CT molecular complexity index is 970. The van der Waals surface area contributed by atoms with Crippen LogP contribution in [0.2, 0.25) is 0 Å². The zero-order valence-corrected chi connectivity index (χ0v) is 17.2. The van der Waals surface area contributed by atoms with Gasteiger partial charge in [0.15, 0.2) is 28.8 Å². The van der Waals surface area contributed by atoms with E-state index in [0.717, 1.165) is 29.8 Å². The lowest BCUT2D eigenvalue weighted by atomic mass is 9.95. The molecule has 7 heteroatoms. The monoisotopic (exact) mass is 445 g/mol. The van der Waals surface area contributed by atoms with Crippen molar-refractivity contribution in [3.8, 4) is 23.0 Å². The molecule has 0 saturated heterocycles. The van der Waals surface area contributed by atoms with E-state index in [-0.39, 0.29) is 5.78 Å². The minimum absolute atomic E-state index is 0.122. The van der Waals surface area contributed by atoms with Gasteiger partial charge in [-0.2, -0.15) is 0 Å². The molecule has 28 heavy (non-hydrogen) atoms. The molecule has 0 fully saturated rings. The van der Waals surface area contributed by atoms with Crippen molar-refractivity contribution in [2.24, 2.45) is 0 Å². The molecule has 2 aliphatic rings. The minimum Gasteiger partial charge on any atom is -0.493 e. The number of nitrogens with one attached hydrogen (secondary N) is 1. The van der Waals surface area contributed by atoms with Crippen molar-refractivity contribution >= 4 is 27.4 Å². The first-order valence-corrected chi connectivity index (χ1v) is 9.74. The van der Waals surface area contributed by atoms with Gasteiger partial charge in [-0.3, -0.25) is 4.79 Å². The van der Waals surface area contributed by atoms with Crippen LogP contribution in [0.5, 0.6) is 23.0 Å². The highest BCUT2D eigenvalue weighted by atomic mass is 79.9. The summed E-state index contributed by atoms with van der Waals surface area (Å²) in [6.45, 7) is 1.70. The molecule has 0 amide bonds. The number of fused-ring (bicyclic) bond motifs is 2. The maximum Gasteiger partial charge on any atom is 0.188 e. The highest BCUT2D eigenvalue weighted by molar-refractivity contribution is 9.10. The van der Waals surface area contributed by atoms with Crippen LogP contribution in [0.1, 0.15) is 21.5 Å². The fourth-order valence-electron chi connectivity index (χ4n) is 3.40. The Morgan fingerprint density at radius 3 is 2.64 bits per heavy atom. The van der Waals surface area contributed by atoms with Gasteiger partial charge in [0.05, 0.1) is 18.7 Å². The van der Waals surface area contributed by atoms with Crippen molar-refractivity contribution in [2.75, 3.05) is 34.0 Å². The molecule has 6 nitrogen and oxygen atoms in total. The van der Waals surface area contributed by atoms with E-state index in [1.807, 2.05) is 12.1 Å². The molecule has 0 unspecified atom stereocenters. The van der Waals surface area contributed by atoms with Crippen LogP contribution < -0.4 is 24.3 Å². The Labute approximate surface area is 171 Å². The van der Waals surface area contributed by atoms with Crippen LogP contribution >= 0.6 is 15.9 Å². The van der Waals surface area contributed by atoms with Gasteiger partial charge >= 0.3 is 0 Å². The predicted octanol–water partition coefficient (Wildman–Crippen LogP) is 3.61. The quantitative estimate of drug-likeness (QED) is 0.572. The van der Waals surface area contributed by atoms with E-state index in [1.165, 1.54) is 0 Å². The van der Waals surface area contributed by atoms with Gasteiger partial charge in [-0.05, 0) is 52.2 Å². The van der Waals surface area contributed by atoms with Crippen LogP contribution in [0, 0.1) is 0 Å². The van der Waals surface area contributed by atoms with Gasteiger partial charge in [-0.1, -0.05) is 0 Å². The number of benzene rings is 2. The lowest BCUT2D eigenvalue weighted by Crippen LogP contribution is -2.23. The molecular formula is C21H20BrNO5. The van der Waals surface area contributed by atoms with Gasteiger partial charge in [-0.25, -0.2) is 0 Å². The largest absolute Gasteiger partial charge is 0.493 e. The molecule has 0 radical (unpaired) electrons. The number of carbonyl (C=O) groups is 1. The summed E-state index contributed by atoms with van der Waals surface area (Å²) in [6.07, 6.45) is 2.46. The average Bonchev–Trinajstić information content (AvgIpc) is 2.72. The fraction of sp³-hybridized carbons (Fsp3) is 0.286. The molecule has 1 N–H and O–H groups in total. The average molecular weight is 446 g/mol. The number of ether oxygens (including phenoxy) is 4. The number of rotatable bonds is 4. The Morgan fingerprint density at radius 2 is 1.86 bits per heavy atom. The Balaban J connectivity index is 1.71. The molecular weight excluding hydrogens is 426 g/mol. The van der Waals surface area contributed by atoms with Crippen LogP contribution in [-0.4, -0.2) is 39.8 Å². The summed E-state index contributed by atoms with van der Waals surface area (Å²) >= 11 is 3.46. The van der Waals surface area contributed by atoms with Crippen molar-refractivity contribution in [3.63, 3.8) is 0 Å². The molecule has 2 aliphatic heterocycles. The van der Waals surface area contributed by atoms with E-state index in [0.29, 0.717) is 46.2 Å². The normalized spacial score (nSPS) is 16.2. The smallest absolute Gasteiger partial charge is 0.188 e. The molecule has 2 heterocycles. The predicted molar refractivity (Wildman–Crippen MR) is 109 cm³/mol. The number of carbonyl (C=O) groups excluding carboxylic acids is 1. The van der Waals surface area contributed by atoms with E-state index in [1.54, 1.807) is 32.4 Å². The van der Waals surface area contributed by atoms with Gasteiger partial charge in [0.1, 0.15) is 13.2 Å². The number of methoxy groups -OCH3 is 2. The van der Waals surface area contributed by atoms with Gasteiger partial charge in [0.25, 0.3) is 0 Å². The second kappa shape index (κ2) is 7.75. The van der Waals surface area contributed by atoms with Gasteiger partial charge in [-0.15, -0.1) is 0 Å². The minimum atomic E-state index is -0.122. The van der Waals surface area contributed by atoms with Crippen LogP contribution in [0.15, 0.2) is 34.8 Å². The zero-order chi connectivity index (χ0) is 19.7. The lowest BCUT2D eigenvalue weighted by molar-refractivity contribution is 0.104. The fourth-order valence-corrected chi connectivity index (χ4v) is 3.96. The molecule has 0 bridgehead atoms. The first-order chi connectivity index (χ1) is 13.6. The maximum absolute atomic E-state index is 12.9. The summed E-state index contributed by atoms with van der Waals surface area (Å²) in [4.78, 5) is 12.9. The molecule has 0 spiro atoms. The number of ketones is 1. The second-order valence-electron chi connectivity index (χ2n) is 6.45. The van der Waals surface area contributed by atoms with E-state index in [4.69, 9.17) is 18.9 Å². The summed E-state index contributed by atoms with van der Waals surface area (Å²) in [5.74, 6) is 2.40. The number of halogens is 1. The van der Waals surface area contributed by atoms with Crippen LogP contribution in [0.3, 0.4) is 0 Å². The molecule has 0 saturated carbocycles. The van der Waals surface area contributed by atoms with Crippen molar-refractivity contribution < 1.29 is 23.7 Å². The molecule has 4 rings (SSSR count). The summed E-state index contributed by atoms with van der Waals surface area (Å²) < 4.78 is 22.7. The summed E-state index contributed by atoms with van der Waals surface area (Å²) in [7, 11) is 3.22. The first-order valence-electron chi connectivity index (χ1n) is 8.95. The standard InChI is InChI=1S/C21H20BrNO5/c1-25-18-8-12-3-4-23-16(14(12)10-19(18)26-2)11-17(24)13-7-15(22)21-20(9-13)27-5-6-28-21/h7-11,23H,3-6H2,1-2H3. The van der Waals surface area contributed by atoms with E-state index < -0.39 is 0 Å². The Hall–Kier alpha value is -2.67. The molecule has 146 valence electrons. The van der Waals surface area contributed by atoms with Gasteiger partial charge < -0.3 is 24.3 Å². The summed E-state index contributed by atoms with van der Waals surface area (Å²) in [5, 5.41) is 3.32. The highest BCUT2D eigenvalue weighted by Crippen LogP contribution is 2.39.